The Morgan fingerprint density at radius 3 is 2.06 bits per heavy atom. The minimum absolute atomic E-state index is 0.0520. The number of halogens is 1. The molecule has 0 saturated carbocycles. The zero-order valence-electron chi connectivity index (χ0n) is 11.8. The molecule has 1 rings (SSSR count). The van der Waals surface area contributed by atoms with Crippen molar-refractivity contribution < 1.29 is 9.59 Å². The number of unbranched alkanes of at least 4 members (excludes halogenated alkanes) is 2. The molecule has 0 spiro atoms. The van der Waals surface area contributed by atoms with Gasteiger partial charge in [-0.1, -0.05) is 0 Å². The molecule has 1 fully saturated rings. The first-order chi connectivity index (χ1) is 8.24. The van der Waals surface area contributed by atoms with Gasteiger partial charge in [-0.05, 0) is 0 Å². The van der Waals surface area contributed by atoms with Crippen molar-refractivity contribution in [3.8, 4) is 0 Å². The van der Waals surface area contributed by atoms with Crippen LogP contribution in [0.15, 0.2) is 0 Å². The standard InChI is InChI=1S/C12H24IN2O2P/c1-5-7-9-14-11(16)15(10-8-6-2)18(3,4,13)12(14)17/h5-10H2,1-4H3. The summed E-state index contributed by atoms with van der Waals surface area (Å²) in [5, 5.41) is 0. The summed E-state index contributed by atoms with van der Waals surface area (Å²) in [7, 11) is 0. The summed E-state index contributed by atoms with van der Waals surface area (Å²) in [4.78, 5) is 26.4. The number of rotatable bonds is 6. The van der Waals surface area contributed by atoms with E-state index >= 15 is 0 Å². The van der Waals surface area contributed by atoms with Gasteiger partial charge in [-0.25, -0.2) is 0 Å². The van der Waals surface area contributed by atoms with E-state index in [-0.39, 0.29) is 11.7 Å². The molecule has 1 saturated heterocycles. The Balaban J connectivity index is 2.97. The number of carbonyl (C=O) groups is 2. The number of carbonyl (C=O) groups excluding carboxylic acids is 2. The zero-order chi connectivity index (χ0) is 14.0. The Labute approximate surface area is 123 Å². The van der Waals surface area contributed by atoms with Crippen molar-refractivity contribution in [3.63, 3.8) is 0 Å². The van der Waals surface area contributed by atoms with E-state index in [9.17, 15) is 9.59 Å². The molecule has 1 aliphatic heterocycles. The van der Waals surface area contributed by atoms with Crippen LogP contribution in [0.3, 0.4) is 0 Å². The van der Waals surface area contributed by atoms with Gasteiger partial charge >= 0.3 is 123 Å². The van der Waals surface area contributed by atoms with Gasteiger partial charge in [0.05, 0.1) is 0 Å². The van der Waals surface area contributed by atoms with Gasteiger partial charge in [0.1, 0.15) is 0 Å². The van der Waals surface area contributed by atoms with Gasteiger partial charge in [0.15, 0.2) is 0 Å². The Bertz CT molecular complexity index is 352. The first kappa shape index (κ1) is 16.2. The van der Waals surface area contributed by atoms with E-state index in [1.54, 1.807) is 0 Å². The van der Waals surface area contributed by atoms with Crippen molar-refractivity contribution in [2.75, 3.05) is 26.4 Å². The van der Waals surface area contributed by atoms with Gasteiger partial charge in [-0.2, -0.15) is 0 Å². The number of amides is 3. The molecule has 0 unspecified atom stereocenters. The number of hydrogen-bond acceptors (Lipinski definition) is 2. The number of hydrogen-bond donors (Lipinski definition) is 0. The second kappa shape index (κ2) is 5.61. The first-order valence-corrected chi connectivity index (χ1v) is 12.5. The Morgan fingerprint density at radius 2 is 1.56 bits per heavy atom. The van der Waals surface area contributed by atoms with Crippen molar-refractivity contribution in [2.24, 2.45) is 0 Å². The molecule has 0 aliphatic carbocycles. The molecule has 0 radical (unpaired) electrons. The van der Waals surface area contributed by atoms with Crippen LogP contribution >= 0.6 is 26.4 Å². The summed E-state index contributed by atoms with van der Waals surface area (Å²) < 4.78 is -0.869. The maximum absolute atomic E-state index is 12.6. The van der Waals surface area contributed by atoms with Crippen molar-refractivity contribution in [1.29, 1.82) is 0 Å². The van der Waals surface area contributed by atoms with Crippen molar-refractivity contribution >= 4 is 38.1 Å². The Kier molecular flexibility index (Phi) is 5.04. The number of imide groups is 1. The summed E-state index contributed by atoms with van der Waals surface area (Å²) >= 11 is 2.25. The molecule has 18 heavy (non-hydrogen) atoms. The number of urea groups is 1. The van der Waals surface area contributed by atoms with Crippen molar-refractivity contribution in [2.45, 2.75) is 39.5 Å². The second-order valence-corrected chi connectivity index (χ2v) is 18.6. The van der Waals surface area contributed by atoms with E-state index in [4.69, 9.17) is 0 Å². The van der Waals surface area contributed by atoms with Gasteiger partial charge in [-0.15, -0.1) is 0 Å². The van der Waals surface area contributed by atoms with Gasteiger partial charge in [0, 0.05) is 0 Å². The van der Waals surface area contributed by atoms with Crippen LogP contribution in [0.4, 0.5) is 9.59 Å². The van der Waals surface area contributed by atoms with E-state index in [2.05, 4.69) is 35.9 Å². The molecule has 3 amide bonds. The first-order valence-electron chi connectivity index (χ1n) is 6.61. The normalized spacial score (nSPS) is 24.2. The van der Waals surface area contributed by atoms with E-state index in [0.717, 1.165) is 25.7 Å². The Hall–Kier alpha value is 0.100. The average molecular weight is 386 g/mol. The van der Waals surface area contributed by atoms with Crippen molar-refractivity contribution in [1.82, 2.24) is 9.57 Å². The van der Waals surface area contributed by atoms with Crippen LogP contribution in [0.2, 0.25) is 0 Å². The molecule has 0 aromatic heterocycles. The summed E-state index contributed by atoms with van der Waals surface area (Å²) in [6.07, 6.45) is 3.89. The molecule has 0 N–H and O–H groups in total. The summed E-state index contributed by atoms with van der Waals surface area (Å²) in [5.41, 5.74) is 0.0520. The molecular formula is C12H24IN2O2P. The molecular weight excluding hydrogens is 362 g/mol. The predicted molar refractivity (Wildman–Crippen MR) is 86.8 cm³/mol. The third-order valence-electron chi connectivity index (χ3n) is 3.38. The average Bonchev–Trinajstić information content (AvgIpc) is 2.40. The second-order valence-electron chi connectivity index (χ2n) is 5.44. The van der Waals surface area contributed by atoms with Gasteiger partial charge in [0.2, 0.25) is 0 Å². The fourth-order valence-corrected chi connectivity index (χ4v) is 6.48. The van der Waals surface area contributed by atoms with Gasteiger partial charge in [0.25, 0.3) is 0 Å². The molecule has 1 heterocycles. The van der Waals surface area contributed by atoms with Crippen LogP contribution < -0.4 is 0 Å². The molecule has 4 nitrogen and oxygen atoms in total. The van der Waals surface area contributed by atoms with E-state index in [1.165, 1.54) is 4.90 Å². The van der Waals surface area contributed by atoms with E-state index < -0.39 is 4.40 Å². The van der Waals surface area contributed by atoms with E-state index in [1.807, 2.05) is 18.0 Å². The molecule has 1 aliphatic rings. The molecule has 6 heteroatoms. The van der Waals surface area contributed by atoms with Crippen molar-refractivity contribution in [3.05, 3.63) is 0 Å². The van der Waals surface area contributed by atoms with E-state index in [0.29, 0.717) is 13.1 Å². The fourth-order valence-electron chi connectivity index (χ4n) is 2.11. The van der Waals surface area contributed by atoms with Gasteiger partial charge < -0.3 is 0 Å². The monoisotopic (exact) mass is 386 g/mol. The van der Waals surface area contributed by atoms with Crippen LogP contribution in [0.1, 0.15) is 39.5 Å². The third-order valence-corrected chi connectivity index (χ3v) is 9.26. The van der Waals surface area contributed by atoms with Crippen LogP contribution in [-0.4, -0.2) is 47.7 Å². The molecule has 106 valence electrons. The van der Waals surface area contributed by atoms with Gasteiger partial charge in [-0.3, -0.25) is 0 Å². The topological polar surface area (TPSA) is 40.6 Å². The number of nitrogens with zero attached hydrogens (tertiary/aromatic N) is 2. The maximum atomic E-state index is 12.6. The minimum atomic E-state index is -2.72. The fraction of sp³-hybridized carbons (Fsp3) is 0.833. The van der Waals surface area contributed by atoms with Crippen LogP contribution in [0.5, 0.6) is 0 Å². The zero-order valence-corrected chi connectivity index (χ0v) is 14.8. The molecule has 0 atom stereocenters. The molecule has 0 aromatic rings. The summed E-state index contributed by atoms with van der Waals surface area (Å²) in [5.74, 6) is 0. The predicted octanol–water partition coefficient (Wildman–Crippen LogP) is 4.52. The summed E-state index contributed by atoms with van der Waals surface area (Å²) in [6.45, 7) is 9.41. The Morgan fingerprint density at radius 1 is 1.06 bits per heavy atom. The van der Waals surface area contributed by atoms with Crippen LogP contribution in [0.25, 0.3) is 0 Å². The quantitative estimate of drug-likeness (QED) is 0.498. The third kappa shape index (κ3) is 2.82. The summed E-state index contributed by atoms with van der Waals surface area (Å²) in [6, 6.07) is -0.0704. The molecule has 0 aromatic carbocycles. The van der Waals surface area contributed by atoms with Crippen LogP contribution in [0, 0.1) is 0 Å². The molecule has 0 bridgehead atoms. The SMILES string of the molecule is CCCCN1C(=O)N(CCCC)P(C)(C)(I)C1=O. The van der Waals surface area contributed by atoms with Crippen LogP contribution in [-0.2, 0) is 0 Å².